The van der Waals surface area contributed by atoms with E-state index in [1.165, 1.54) is 0 Å². The molecule has 1 aromatic carbocycles. The van der Waals surface area contributed by atoms with Gasteiger partial charge in [-0.05, 0) is 37.5 Å². The molecule has 0 atom stereocenters. The highest BCUT2D eigenvalue weighted by Crippen LogP contribution is 2.41. The van der Waals surface area contributed by atoms with Crippen LogP contribution in [0.15, 0.2) is 18.2 Å². The van der Waals surface area contributed by atoms with Gasteiger partial charge >= 0.3 is 0 Å². The fourth-order valence-corrected chi connectivity index (χ4v) is 2.04. The van der Waals surface area contributed by atoms with Crippen LogP contribution in [0.2, 0.25) is 5.02 Å². The highest BCUT2D eigenvalue weighted by atomic mass is 35.5. The second kappa shape index (κ2) is 4.87. The quantitative estimate of drug-likeness (QED) is 0.867. The minimum atomic E-state index is -0.0246. The predicted octanol–water partition coefficient (Wildman–Crippen LogP) is 3.56. The molecule has 1 fully saturated rings. The van der Waals surface area contributed by atoms with Crippen molar-refractivity contribution in [2.24, 2.45) is 0 Å². The van der Waals surface area contributed by atoms with E-state index < -0.39 is 0 Å². The maximum absolute atomic E-state index is 6.18. The minimum Gasteiger partial charge on any atom is -0.484 e. The Bertz CT molecular complexity index is 399. The lowest BCUT2D eigenvalue weighted by Gasteiger charge is -2.21. The Hall–Kier alpha value is -0.730. The molecule has 0 spiro atoms. The largest absolute Gasteiger partial charge is 0.484 e. The van der Waals surface area contributed by atoms with Crippen LogP contribution in [0.3, 0.4) is 0 Å². The third-order valence-corrected chi connectivity index (χ3v) is 3.35. The molecule has 1 N–H and O–H groups in total. The van der Waals surface area contributed by atoms with Gasteiger partial charge in [-0.3, -0.25) is 0 Å². The van der Waals surface area contributed by atoms with Gasteiger partial charge in [-0.25, -0.2) is 0 Å². The number of ether oxygens (including phenoxy) is 1. The van der Waals surface area contributed by atoms with Gasteiger partial charge in [-0.2, -0.15) is 0 Å². The van der Waals surface area contributed by atoms with Crippen molar-refractivity contribution in [1.82, 2.24) is 5.32 Å². The van der Waals surface area contributed by atoms with E-state index in [1.807, 2.05) is 25.1 Å². The lowest BCUT2D eigenvalue weighted by molar-refractivity contribution is 0.172. The Morgan fingerprint density at radius 2 is 2.12 bits per heavy atom. The summed E-state index contributed by atoms with van der Waals surface area (Å²) in [6.07, 6.45) is 2.22. The maximum atomic E-state index is 6.18. The first kappa shape index (κ1) is 12.7. The van der Waals surface area contributed by atoms with Crippen molar-refractivity contribution in [1.29, 1.82) is 0 Å². The molecule has 0 bridgehead atoms. The fourth-order valence-electron chi connectivity index (χ4n) is 1.77. The molecule has 2 nitrogen and oxygen atoms in total. The molecule has 1 aliphatic carbocycles. The van der Waals surface area contributed by atoms with Gasteiger partial charge in [0.1, 0.15) is 11.4 Å². The van der Waals surface area contributed by atoms with Crippen molar-refractivity contribution in [2.75, 3.05) is 6.54 Å². The average molecular weight is 254 g/mol. The van der Waals surface area contributed by atoms with Crippen molar-refractivity contribution in [3.63, 3.8) is 0 Å². The van der Waals surface area contributed by atoms with E-state index >= 15 is 0 Å². The molecule has 1 aromatic rings. The minimum absolute atomic E-state index is 0.0246. The number of rotatable bonds is 5. The molecule has 1 aliphatic rings. The van der Waals surface area contributed by atoms with Gasteiger partial charge < -0.3 is 10.1 Å². The molecular weight excluding hydrogens is 234 g/mol. The highest BCUT2D eigenvalue weighted by Gasteiger charge is 2.45. The molecule has 1 saturated carbocycles. The first-order valence-electron chi connectivity index (χ1n) is 6.19. The molecule has 0 unspecified atom stereocenters. The SMILES string of the molecule is Cc1ccc(OC2(CNC(C)C)CC2)c(Cl)c1. The summed E-state index contributed by atoms with van der Waals surface area (Å²) < 4.78 is 6.05. The van der Waals surface area contributed by atoms with Crippen LogP contribution in [0.1, 0.15) is 32.3 Å². The van der Waals surface area contributed by atoms with E-state index in [0.717, 1.165) is 30.7 Å². The van der Waals surface area contributed by atoms with Crippen LogP contribution < -0.4 is 10.1 Å². The first-order valence-corrected chi connectivity index (χ1v) is 6.57. The molecule has 0 heterocycles. The van der Waals surface area contributed by atoms with E-state index in [4.69, 9.17) is 16.3 Å². The van der Waals surface area contributed by atoms with Crippen molar-refractivity contribution >= 4 is 11.6 Å². The maximum Gasteiger partial charge on any atom is 0.138 e. The van der Waals surface area contributed by atoms with Gasteiger partial charge in [0.2, 0.25) is 0 Å². The molecule has 17 heavy (non-hydrogen) atoms. The summed E-state index contributed by atoms with van der Waals surface area (Å²) in [6.45, 7) is 7.22. The second-order valence-electron chi connectivity index (χ2n) is 5.25. The summed E-state index contributed by atoms with van der Waals surface area (Å²) in [5.74, 6) is 0.806. The molecular formula is C14H20ClNO. The van der Waals surface area contributed by atoms with E-state index in [-0.39, 0.29) is 5.60 Å². The van der Waals surface area contributed by atoms with Crippen molar-refractivity contribution < 1.29 is 4.74 Å². The van der Waals surface area contributed by atoms with Crippen LogP contribution >= 0.6 is 11.6 Å². The van der Waals surface area contributed by atoms with Crippen LogP contribution in [-0.2, 0) is 0 Å². The molecule has 0 radical (unpaired) electrons. The van der Waals surface area contributed by atoms with Crippen molar-refractivity contribution in [3.8, 4) is 5.75 Å². The molecule has 0 saturated heterocycles. The van der Waals surface area contributed by atoms with Gasteiger partial charge in [0.15, 0.2) is 0 Å². The Kier molecular flexibility index (Phi) is 3.64. The Labute approximate surface area is 108 Å². The number of nitrogens with one attached hydrogen (secondary N) is 1. The standard InChI is InChI=1S/C14H20ClNO/c1-10(2)16-9-14(6-7-14)17-13-5-4-11(3)8-12(13)15/h4-5,8,10,16H,6-7,9H2,1-3H3. The van der Waals surface area contributed by atoms with Gasteiger partial charge in [0.25, 0.3) is 0 Å². The van der Waals surface area contributed by atoms with E-state index in [0.29, 0.717) is 11.1 Å². The topological polar surface area (TPSA) is 21.3 Å². The van der Waals surface area contributed by atoms with Crippen molar-refractivity contribution in [2.45, 2.75) is 45.3 Å². The third kappa shape index (κ3) is 3.36. The van der Waals surface area contributed by atoms with Gasteiger partial charge in [-0.1, -0.05) is 31.5 Å². The van der Waals surface area contributed by atoms with Gasteiger partial charge in [0.05, 0.1) is 5.02 Å². The number of halogens is 1. The third-order valence-electron chi connectivity index (χ3n) is 3.05. The Morgan fingerprint density at radius 1 is 1.41 bits per heavy atom. The van der Waals surface area contributed by atoms with Gasteiger partial charge in [-0.15, -0.1) is 0 Å². The van der Waals surface area contributed by atoms with Crippen LogP contribution in [0, 0.1) is 6.92 Å². The Morgan fingerprint density at radius 3 is 2.65 bits per heavy atom. The zero-order chi connectivity index (χ0) is 12.5. The summed E-state index contributed by atoms with van der Waals surface area (Å²) in [6, 6.07) is 6.44. The number of aryl methyl sites for hydroxylation is 1. The highest BCUT2D eigenvalue weighted by molar-refractivity contribution is 6.32. The molecule has 3 heteroatoms. The fraction of sp³-hybridized carbons (Fsp3) is 0.571. The summed E-state index contributed by atoms with van der Waals surface area (Å²) in [4.78, 5) is 0. The lowest BCUT2D eigenvalue weighted by atomic mass is 10.2. The monoisotopic (exact) mass is 253 g/mol. The van der Waals surface area contributed by atoms with E-state index in [9.17, 15) is 0 Å². The molecule has 0 amide bonds. The normalized spacial score (nSPS) is 17.2. The van der Waals surface area contributed by atoms with Crippen LogP contribution in [-0.4, -0.2) is 18.2 Å². The zero-order valence-electron chi connectivity index (χ0n) is 10.7. The summed E-state index contributed by atoms with van der Waals surface area (Å²) in [5, 5.41) is 4.14. The van der Waals surface area contributed by atoms with Gasteiger partial charge in [0, 0.05) is 12.6 Å². The molecule has 2 rings (SSSR count). The average Bonchev–Trinajstić information content (AvgIpc) is 3.00. The zero-order valence-corrected chi connectivity index (χ0v) is 11.5. The summed E-state index contributed by atoms with van der Waals surface area (Å²) >= 11 is 6.18. The number of benzene rings is 1. The van der Waals surface area contributed by atoms with E-state index in [1.54, 1.807) is 0 Å². The van der Waals surface area contributed by atoms with E-state index in [2.05, 4.69) is 19.2 Å². The first-order chi connectivity index (χ1) is 8.01. The predicted molar refractivity (Wildman–Crippen MR) is 71.9 cm³/mol. The Balaban J connectivity index is 2.00. The summed E-state index contributed by atoms with van der Waals surface area (Å²) in [7, 11) is 0. The molecule has 0 aliphatic heterocycles. The number of hydrogen-bond acceptors (Lipinski definition) is 2. The molecule has 0 aromatic heterocycles. The van der Waals surface area contributed by atoms with Crippen LogP contribution in [0.4, 0.5) is 0 Å². The van der Waals surface area contributed by atoms with Crippen molar-refractivity contribution in [3.05, 3.63) is 28.8 Å². The van der Waals surface area contributed by atoms with Crippen LogP contribution in [0.5, 0.6) is 5.75 Å². The smallest absolute Gasteiger partial charge is 0.138 e. The molecule has 94 valence electrons. The lowest BCUT2D eigenvalue weighted by Crippen LogP contribution is -2.37. The summed E-state index contributed by atoms with van der Waals surface area (Å²) in [5.41, 5.74) is 1.14. The van der Waals surface area contributed by atoms with Crippen LogP contribution in [0.25, 0.3) is 0 Å². The number of hydrogen-bond donors (Lipinski definition) is 1. The second-order valence-corrected chi connectivity index (χ2v) is 5.66.